The number of carbonyl (C=O) groups excluding carboxylic acids is 1. The van der Waals surface area contributed by atoms with Gasteiger partial charge >= 0.3 is 0 Å². The Hall–Kier alpha value is -2.09. The Balaban J connectivity index is 1.53. The maximum atomic E-state index is 12.0. The first-order valence-electron chi connectivity index (χ1n) is 8.49. The summed E-state index contributed by atoms with van der Waals surface area (Å²) < 4.78 is 2.69. The predicted octanol–water partition coefficient (Wildman–Crippen LogP) is 4.98. The molecule has 144 valence electrons. The Morgan fingerprint density at radius 1 is 1.25 bits per heavy atom. The summed E-state index contributed by atoms with van der Waals surface area (Å²) in [5.74, 6) is 0.922. The first kappa shape index (κ1) is 20.6. The maximum absolute atomic E-state index is 12.0. The average molecular weight is 478 g/mol. The molecule has 1 aromatic heterocycles. The second-order valence-electron chi connectivity index (χ2n) is 5.95. The van der Waals surface area contributed by atoms with Crippen LogP contribution in [0.15, 0.2) is 64.2 Å². The first-order valence-corrected chi connectivity index (χ1v) is 10.8. The largest absolute Gasteiger partial charge is 0.272 e. The molecule has 0 unspecified atom stereocenters. The molecule has 1 heterocycles. The van der Waals surface area contributed by atoms with Crippen LogP contribution in [0.2, 0.25) is 5.15 Å². The van der Waals surface area contributed by atoms with E-state index in [1.54, 1.807) is 4.68 Å². The van der Waals surface area contributed by atoms with E-state index in [0.717, 1.165) is 21.6 Å². The van der Waals surface area contributed by atoms with E-state index in [9.17, 15) is 4.79 Å². The lowest BCUT2D eigenvalue weighted by molar-refractivity contribution is -0.118. The van der Waals surface area contributed by atoms with E-state index in [1.807, 2.05) is 61.5 Å². The molecule has 2 aromatic carbocycles. The minimum atomic E-state index is -0.164. The molecule has 8 heteroatoms. The number of hydrogen-bond donors (Lipinski definition) is 1. The highest BCUT2D eigenvalue weighted by molar-refractivity contribution is 9.10. The molecule has 28 heavy (non-hydrogen) atoms. The summed E-state index contributed by atoms with van der Waals surface area (Å²) in [5, 5.41) is 8.92. The first-order chi connectivity index (χ1) is 13.5. The van der Waals surface area contributed by atoms with Crippen molar-refractivity contribution < 1.29 is 4.79 Å². The monoisotopic (exact) mass is 476 g/mol. The van der Waals surface area contributed by atoms with Crippen molar-refractivity contribution in [3.05, 3.63) is 81.0 Å². The predicted molar refractivity (Wildman–Crippen MR) is 119 cm³/mol. The van der Waals surface area contributed by atoms with E-state index in [1.165, 1.54) is 23.5 Å². The molecular weight excluding hydrogens is 460 g/mol. The van der Waals surface area contributed by atoms with Crippen LogP contribution < -0.4 is 5.43 Å². The van der Waals surface area contributed by atoms with Crippen LogP contribution in [0.4, 0.5) is 0 Å². The number of hydrogen-bond acceptors (Lipinski definition) is 4. The van der Waals surface area contributed by atoms with Gasteiger partial charge in [0.1, 0.15) is 5.15 Å². The lowest BCUT2D eigenvalue weighted by atomic mass is 10.2. The highest BCUT2D eigenvalue weighted by Gasteiger charge is 2.13. The molecule has 1 N–H and O–H groups in total. The third kappa shape index (κ3) is 5.47. The number of rotatable bonds is 7. The minimum absolute atomic E-state index is 0.164. The van der Waals surface area contributed by atoms with Crippen molar-refractivity contribution in [3.8, 4) is 5.69 Å². The number of aromatic nitrogens is 2. The van der Waals surface area contributed by atoms with Crippen molar-refractivity contribution in [2.75, 3.05) is 5.75 Å². The van der Waals surface area contributed by atoms with Crippen molar-refractivity contribution in [2.45, 2.75) is 12.7 Å². The number of nitrogens with zero attached hydrogens (tertiary/aromatic N) is 3. The highest BCUT2D eigenvalue weighted by atomic mass is 79.9. The zero-order valence-corrected chi connectivity index (χ0v) is 18.3. The Morgan fingerprint density at radius 2 is 1.96 bits per heavy atom. The molecule has 3 rings (SSSR count). The van der Waals surface area contributed by atoms with Crippen LogP contribution in [-0.4, -0.2) is 27.7 Å². The van der Waals surface area contributed by atoms with Gasteiger partial charge in [-0.05, 0) is 36.8 Å². The molecular formula is C20H18BrClN4OS. The highest BCUT2D eigenvalue weighted by Crippen LogP contribution is 2.22. The normalized spacial score (nSPS) is 11.1. The zero-order chi connectivity index (χ0) is 19.9. The van der Waals surface area contributed by atoms with Crippen molar-refractivity contribution in [1.82, 2.24) is 15.2 Å². The van der Waals surface area contributed by atoms with Crippen LogP contribution in [0.5, 0.6) is 0 Å². The molecule has 0 fully saturated rings. The maximum Gasteiger partial charge on any atom is 0.250 e. The smallest absolute Gasteiger partial charge is 0.250 e. The summed E-state index contributed by atoms with van der Waals surface area (Å²) in [6, 6.07) is 17.6. The lowest BCUT2D eigenvalue weighted by Crippen LogP contribution is -2.19. The summed E-state index contributed by atoms with van der Waals surface area (Å²) in [5.41, 5.74) is 5.98. The molecule has 0 bridgehead atoms. The van der Waals surface area contributed by atoms with E-state index < -0.39 is 0 Å². The van der Waals surface area contributed by atoms with Gasteiger partial charge in [-0.1, -0.05) is 57.9 Å². The number of halogens is 2. The van der Waals surface area contributed by atoms with Gasteiger partial charge in [0.25, 0.3) is 0 Å². The number of nitrogens with one attached hydrogen (secondary N) is 1. The van der Waals surface area contributed by atoms with Gasteiger partial charge in [-0.2, -0.15) is 10.2 Å². The van der Waals surface area contributed by atoms with Crippen molar-refractivity contribution in [1.29, 1.82) is 0 Å². The summed E-state index contributed by atoms with van der Waals surface area (Å²) in [4.78, 5) is 12.0. The second-order valence-corrected chi connectivity index (χ2v) is 8.21. The SMILES string of the molecule is Cc1nn(-c2ccccc2)c(Cl)c1/C=N/NC(=O)CSCc1ccc(Br)cc1. The third-order valence-electron chi connectivity index (χ3n) is 3.85. The Bertz CT molecular complexity index is 974. The summed E-state index contributed by atoms with van der Waals surface area (Å²) in [6.07, 6.45) is 1.53. The van der Waals surface area contributed by atoms with Gasteiger partial charge in [-0.25, -0.2) is 10.1 Å². The second kappa shape index (κ2) is 9.91. The van der Waals surface area contributed by atoms with Crippen molar-refractivity contribution >= 4 is 51.4 Å². The number of carbonyl (C=O) groups is 1. The molecule has 3 aromatic rings. The average Bonchev–Trinajstić information content (AvgIpc) is 2.98. The van der Waals surface area contributed by atoms with E-state index in [0.29, 0.717) is 16.5 Å². The van der Waals surface area contributed by atoms with Crippen molar-refractivity contribution in [3.63, 3.8) is 0 Å². The Labute approximate surface area is 181 Å². The van der Waals surface area contributed by atoms with Crippen molar-refractivity contribution in [2.24, 2.45) is 5.10 Å². The topological polar surface area (TPSA) is 59.3 Å². The lowest BCUT2D eigenvalue weighted by Gasteiger charge is -2.02. The quantitative estimate of drug-likeness (QED) is 0.386. The molecule has 0 aliphatic carbocycles. The molecule has 0 aliphatic rings. The number of hydrazone groups is 1. The number of thioether (sulfide) groups is 1. The fraction of sp³-hybridized carbons (Fsp3) is 0.150. The summed E-state index contributed by atoms with van der Waals surface area (Å²) >= 11 is 11.4. The summed E-state index contributed by atoms with van der Waals surface area (Å²) in [7, 11) is 0. The van der Waals surface area contributed by atoms with Gasteiger partial charge < -0.3 is 0 Å². The van der Waals surface area contributed by atoms with Gasteiger partial charge in [0, 0.05) is 10.2 Å². The Morgan fingerprint density at radius 3 is 2.68 bits per heavy atom. The molecule has 0 atom stereocenters. The van der Waals surface area contributed by atoms with Crippen LogP contribution in [-0.2, 0) is 10.5 Å². The zero-order valence-electron chi connectivity index (χ0n) is 15.1. The molecule has 0 spiro atoms. The van der Waals surface area contributed by atoms with E-state index in [-0.39, 0.29) is 5.91 Å². The molecule has 0 radical (unpaired) electrons. The van der Waals surface area contributed by atoms with Gasteiger partial charge in [-0.3, -0.25) is 4.79 Å². The number of para-hydroxylation sites is 1. The summed E-state index contributed by atoms with van der Waals surface area (Å²) in [6.45, 7) is 1.85. The van der Waals surface area contributed by atoms with Gasteiger partial charge in [0.15, 0.2) is 0 Å². The van der Waals surface area contributed by atoms with Crippen LogP contribution in [0.3, 0.4) is 0 Å². The van der Waals surface area contributed by atoms with E-state index in [2.05, 4.69) is 31.6 Å². The van der Waals surface area contributed by atoms with E-state index >= 15 is 0 Å². The van der Waals surface area contributed by atoms with E-state index in [4.69, 9.17) is 11.6 Å². The van der Waals surface area contributed by atoms with Crippen LogP contribution in [0.1, 0.15) is 16.8 Å². The van der Waals surface area contributed by atoms with Crippen LogP contribution in [0, 0.1) is 6.92 Å². The number of amides is 1. The number of aryl methyl sites for hydroxylation is 1. The third-order valence-corrected chi connectivity index (χ3v) is 5.74. The van der Waals surface area contributed by atoms with Crippen LogP contribution >= 0.6 is 39.3 Å². The number of benzene rings is 2. The van der Waals surface area contributed by atoms with Crippen LogP contribution in [0.25, 0.3) is 5.69 Å². The standard InChI is InChI=1S/C20H18BrClN4OS/c1-14-18(20(22)26(25-14)17-5-3-2-4-6-17)11-23-24-19(27)13-28-12-15-7-9-16(21)10-8-15/h2-11H,12-13H2,1H3,(H,24,27)/b23-11+. The fourth-order valence-corrected chi connectivity index (χ4v) is 3.81. The van der Waals surface area contributed by atoms with Gasteiger partial charge in [0.2, 0.25) is 5.91 Å². The van der Waals surface area contributed by atoms with Gasteiger partial charge in [-0.15, -0.1) is 11.8 Å². The molecule has 0 saturated carbocycles. The molecule has 1 amide bonds. The Kier molecular flexibility index (Phi) is 7.30. The van der Waals surface area contributed by atoms with Gasteiger partial charge in [0.05, 0.1) is 28.9 Å². The fourth-order valence-electron chi connectivity index (χ4n) is 2.44. The molecule has 0 saturated heterocycles. The molecule has 0 aliphatic heterocycles. The minimum Gasteiger partial charge on any atom is -0.272 e. The molecule has 5 nitrogen and oxygen atoms in total.